The summed E-state index contributed by atoms with van der Waals surface area (Å²) in [5.74, 6) is 0.908. The fourth-order valence-electron chi connectivity index (χ4n) is 1.43. The molecule has 0 heterocycles. The van der Waals surface area contributed by atoms with Crippen LogP contribution in [0.5, 0.6) is 5.75 Å². The Bertz CT molecular complexity index is 282. The lowest BCUT2D eigenvalue weighted by Crippen LogP contribution is -2.31. The molecule has 0 unspecified atom stereocenters. The van der Waals surface area contributed by atoms with E-state index in [4.69, 9.17) is 4.74 Å². The average molecular weight is 222 g/mol. The largest absolute Gasteiger partial charge is 0.497 e. The first-order valence-corrected chi connectivity index (χ1v) is 5.79. The van der Waals surface area contributed by atoms with Crippen molar-refractivity contribution in [2.45, 2.75) is 26.4 Å². The lowest BCUT2D eigenvalue weighted by Gasteiger charge is -2.09. The van der Waals surface area contributed by atoms with Gasteiger partial charge in [0.1, 0.15) is 5.75 Å². The van der Waals surface area contributed by atoms with E-state index in [1.54, 1.807) is 7.11 Å². The highest BCUT2D eigenvalue weighted by molar-refractivity contribution is 5.26. The third kappa shape index (κ3) is 5.14. The number of methoxy groups -OCH3 is 1. The van der Waals surface area contributed by atoms with Crippen LogP contribution >= 0.6 is 0 Å². The summed E-state index contributed by atoms with van der Waals surface area (Å²) in [5, 5.41) is 6.76. The Morgan fingerprint density at radius 3 is 2.38 bits per heavy atom. The van der Waals surface area contributed by atoms with Gasteiger partial charge in [-0.05, 0) is 17.7 Å². The summed E-state index contributed by atoms with van der Waals surface area (Å²) in [6.45, 7) is 7.22. The van der Waals surface area contributed by atoms with Crippen LogP contribution in [-0.4, -0.2) is 26.2 Å². The van der Waals surface area contributed by atoms with E-state index in [2.05, 4.69) is 36.6 Å². The molecule has 1 aromatic carbocycles. The molecule has 3 nitrogen and oxygen atoms in total. The molecule has 0 spiro atoms. The molecule has 0 aliphatic carbocycles. The number of ether oxygens (including phenoxy) is 1. The maximum atomic E-state index is 5.11. The summed E-state index contributed by atoms with van der Waals surface area (Å²) < 4.78 is 5.11. The second kappa shape index (κ2) is 7.25. The number of nitrogens with one attached hydrogen (secondary N) is 2. The number of rotatable bonds is 7. The molecule has 1 rings (SSSR count). The molecular formula is C13H22N2O. The lowest BCUT2D eigenvalue weighted by atomic mass is 10.2. The monoisotopic (exact) mass is 222 g/mol. The molecule has 0 aliphatic heterocycles. The predicted octanol–water partition coefficient (Wildman–Crippen LogP) is 1.78. The van der Waals surface area contributed by atoms with Gasteiger partial charge in [0.15, 0.2) is 0 Å². The van der Waals surface area contributed by atoms with Gasteiger partial charge in [0.25, 0.3) is 0 Å². The molecule has 90 valence electrons. The van der Waals surface area contributed by atoms with Crippen molar-refractivity contribution in [2.75, 3.05) is 20.2 Å². The van der Waals surface area contributed by atoms with Crippen molar-refractivity contribution in [3.05, 3.63) is 29.8 Å². The minimum atomic E-state index is 0.558. The quantitative estimate of drug-likeness (QED) is 0.690. The zero-order valence-electron chi connectivity index (χ0n) is 10.4. The van der Waals surface area contributed by atoms with Crippen LogP contribution in [0.3, 0.4) is 0 Å². The Morgan fingerprint density at radius 1 is 1.12 bits per heavy atom. The zero-order chi connectivity index (χ0) is 11.8. The van der Waals surface area contributed by atoms with E-state index in [1.807, 2.05) is 12.1 Å². The van der Waals surface area contributed by atoms with Crippen LogP contribution in [-0.2, 0) is 6.54 Å². The fourth-order valence-corrected chi connectivity index (χ4v) is 1.43. The molecule has 0 amide bonds. The SMILES string of the molecule is COc1ccc(CNCCNC(C)C)cc1. The van der Waals surface area contributed by atoms with E-state index in [0.29, 0.717) is 6.04 Å². The van der Waals surface area contributed by atoms with E-state index in [1.165, 1.54) is 5.56 Å². The smallest absolute Gasteiger partial charge is 0.118 e. The summed E-state index contributed by atoms with van der Waals surface area (Å²) in [4.78, 5) is 0. The summed E-state index contributed by atoms with van der Waals surface area (Å²) in [7, 11) is 1.69. The third-order valence-electron chi connectivity index (χ3n) is 2.34. The molecule has 3 heteroatoms. The van der Waals surface area contributed by atoms with Crippen LogP contribution in [0.2, 0.25) is 0 Å². The Labute approximate surface area is 98.2 Å². The topological polar surface area (TPSA) is 33.3 Å². The maximum absolute atomic E-state index is 5.11. The molecule has 1 aromatic rings. The minimum absolute atomic E-state index is 0.558. The fraction of sp³-hybridized carbons (Fsp3) is 0.538. The molecule has 0 aliphatic rings. The standard InChI is InChI=1S/C13H22N2O/c1-11(2)15-9-8-14-10-12-4-6-13(16-3)7-5-12/h4-7,11,14-15H,8-10H2,1-3H3. The first kappa shape index (κ1) is 13.0. The third-order valence-corrected chi connectivity index (χ3v) is 2.34. The molecule has 0 radical (unpaired) electrons. The van der Waals surface area contributed by atoms with Crippen molar-refractivity contribution in [1.29, 1.82) is 0 Å². The average Bonchev–Trinajstić information content (AvgIpc) is 2.29. The van der Waals surface area contributed by atoms with Crippen molar-refractivity contribution in [3.63, 3.8) is 0 Å². The first-order chi connectivity index (χ1) is 7.72. The second-order valence-corrected chi connectivity index (χ2v) is 4.13. The zero-order valence-corrected chi connectivity index (χ0v) is 10.4. The molecule has 16 heavy (non-hydrogen) atoms. The van der Waals surface area contributed by atoms with Gasteiger partial charge in [-0.3, -0.25) is 0 Å². The van der Waals surface area contributed by atoms with Gasteiger partial charge in [0.2, 0.25) is 0 Å². The molecule has 0 bridgehead atoms. The Balaban J connectivity index is 2.16. The van der Waals surface area contributed by atoms with Crippen LogP contribution in [0.4, 0.5) is 0 Å². The predicted molar refractivity (Wildman–Crippen MR) is 67.8 cm³/mol. The molecule has 0 aromatic heterocycles. The molecule has 2 N–H and O–H groups in total. The number of hydrogen-bond donors (Lipinski definition) is 2. The summed E-state index contributed by atoms with van der Waals surface area (Å²) in [6, 6.07) is 8.71. The normalized spacial score (nSPS) is 10.8. The van der Waals surface area contributed by atoms with Crippen molar-refractivity contribution < 1.29 is 4.74 Å². The number of benzene rings is 1. The Hall–Kier alpha value is -1.06. The molecular weight excluding hydrogens is 200 g/mol. The van der Waals surface area contributed by atoms with Crippen molar-refractivity contribution in [3.8, 4) is 5.75 Å². The molecule has 0 atom stereocenters. The van der Waals surface area contributed by atoms with Crippen LogP contribution < -0.4 is 15.4 Å². The van der Waals surface area contributed by atoms with Gasteiger partial charge in [-0.25, -0.2) is 0 Å². The first-order valence-electron chi connectivity index (χ1n) is 5.79. The van der Waals surface area contributed by atoms with Crippen molar-refractivity contribution >= 4 is 0 Å². The Kier molecular flexibility index (Phi) is 5.90. The molecule has 0 fully saturated rings. The van der Waals surface area contributed by atoms with E-state index >= 15 is 0 Å². The van der Waals surface area contributed by atoms with Gasteiger partial charge in [-0.15, -0.1) is 0 Å². The van der Waals surface area contributed by atoms with Gasteiger partial charge < -0.3 is 15.4 Å². The minimum Gasteiger partial charge on any atom is -0.497 e. The Morgan fingerprint density at radius 2 is 1.81 bits per heavy atom. The van der Waals surface area contributed by atoms with Crippen LogP contribution in [0.1, 0.15) is 19.4 Å². The highest BCUT2D eigenvalue weighted by Crippen LogP contribution is 2.10. The van der Waals surface area contributed by atoms with E-state index in [9.17, 15) is 0 Å². The van der Waals surface area contributed by atoms with Gasteiger partial charge >= 0.3 is 0 Å². The van der Waals surface area contributed by atoms with Gasteiger partial charge in [0, 0.05) is 25.7 Å². The maximum Gasteiger partial charge on any atom is 0.118 e. The van der Waals surface area contributed by atoms with E-state index < -0.39 is 0 Å². The lowest BCUT2D eigenvalue weighted by molar-refractivity contribution is 0.414. The molecule has 0 saturated carbocycles. The summed E-state index contributed by atoms with van der Waals surface area (Å²) in [6.07, 6.45) is 0. The van der Waals surface area contributed by atoms with Gasteiger partial charge in [0.05, 0.1) is 7.11 Å². The summed E-state index contributed by atoms with van der Waals surface area (Å²) >= 11 is 0. The van der Waals surface area contributed by atoms with Gasteiger partial charge in [-0.2, -0.15) is 0 Å². The van der Waals surface area contributed by atoms with E-state index in [0.717, 1.165) is 25.4 Å². The van der Waals surface area contributed by atoms with Crippen molar-refractivity contribution in [1.82, 2.24) is 10.6 Å². The van der Waals surface area contributed by atoms with Gasteiger partial charge in [-0.1, -0.05) is 26.0 Å². The van der Waals surface area contributed by atoms with Crippen LogP contribution in [0.15, 0.2) is 24.3 Å². The summed E-state index contributed by atoms with van der Waals surface area (Å²) in [5.41, 5.74) is 1.28. The molecule has 0 saturated heterocycles. The highest BCUT2D eigenvalue weighted by Gasteiger charge is 1.94. The second-order valence-electron chi connectivity index (χ2n) is 4.13. The van der Waals surface area contributed by atoms with Crippen LogP contribution in [0, 0.1) is 0 Å². The van der Waals surface area contributed by atoms with Crippen molar-refractivity contribution in [2.24, 2.45) is 0 Å². The highest BCUT2D eigenvalue weighted by atomic mass is 16.5. The van der Waals surface area contributed by atoms with E-state index in [-0.39, 0.29) is 0 Å². The van der Waals surface area contributed by atoms with Crippen LogP contribution in [0.25, 0.3) is 0 Å². The number of hydrogen-bond acceptors (Lipinski definition) is 3.